The zero-order valence-electron chi connectivity index (χ0n) is 11.8. The van der Waals surface area contributed by atoms with Crippen molar-refractivity contribution in [3.05, 3.63) is 74.1 Å². The zero-order chi connectivity index (χ0) is 16.6. The summed E-state index contributed by atoms with van der Waals surface area (Å²) in [5.41, 5.74) is 0.542. The Hall–Kier alpha value is -3.03. The molecule has 1 saturated carbocycles. The van der Waals surface area contributed by atoms with E-state index in [0.717, 1.165) is 18.1 Å². The van der Waals surface area contributed by atoms with Gasteiger partial charge in [0.25, 0.3) is 11.4 Å². The van der Waals surface area contributed by atoms with Crippen LogP contribution in [-0.2, 0) is 0 Å². The van der Waals surface area contributed by atoms with E-state index in [-0.39, 0.29) is 34.8 Å². The normalized spacial score (nSPS) is 19.2. The highest BCUT2D eigenvalue weighted by molar-refractivity contribution is 5.66. The van der Waals surface area contributed by atoms with Crippen LogP contribution in [0, 0.1) is 26.0 Å². The molecule has 0 heterocycles. The van der Waals surface area contributed by atoms with Crippen LogP contribution in [0.3, 0.4) is 0 Å². The van der Waals surface area contributed by atoms with Gasteiger partial charge in [-0.05, 0) is 30.2 Å². The molecular weight excluding hydrogens is 305 g/mol. The quantitative estimate of drug-likeness (QED) is 0.671. The average Bonchev–Trinajstić information content (AvgIpc) is 3.27. The number of hydrogen-bond acceptors (Lipinski definition) is 5. The van der Waals surface area contributed by atoms with E-state index >= 15 is 0 Å². The molecule has 0 bridgehead atoms. The Morgan fingerprint density at radius 3 is 2.35 bits per heavy atom. The van der Waals surface area contributed by atoms with Crippen molar-refractivity contribution in [1.82, 2.24) is 0 Å². The molecule has 23 heavy (non-hydrogen) atoms. The summed E-state index contributed by atoms with van der Waals surface area (Å²) in [6.07, 6.45) is 0.764. The third-order valence-electron chi connectivity index (χ3n) is 3.82. The van der Waals surface area contributed by atoms with Gasteiger partial charge in [0.05, 0.1) is 15.9 Å². The molecule has 7 nitrogen and oxygen atoms in total. The fourth-order valence-corrected chi connectivity index (χ4v) is 2.54. The number of nitro benzene ring substituents is 2. The zero-order valence-corrected chi connectivity index (χ0v) is 11.8. The Labute approximate surface area is 130 Å². The van der Waals surface area contributed by atoms with Crippen LogP contribution in [0.1, 0.15) is 17.9 Å². The molecule has 0 spiro atoms. The Bertz CT molecular complexity index is 779. The second kappa shape index (κ2) is 5.64. The van der Waals surface area contributed by atoms with Gasteiger partial charge in [0.2, 0.25) is 0 Å². The first kappa shape index (κ1) is 14.9. The summed E-state index contributed by atoms with van der Waals surface area (Å²) in [7, 11) is 0. The van der Waals surface area contributed by atoms with E-state index in [1.54, 1.807) is 12.1 Å². The first-order valence-corrected chi connectivity index (χ1v) is 6.90. The van der Waals surface area contributed by atoms with Gasteiger partial charge in [-0.1, -0.05) is 12.1 Å². The van der Waals surface area contributed by atoms with Crippen molar-refractivity contribution in [2.45, 2.75) is 18.4 Å². The van der Waals surface area contributed by atoms with E-state index in [0.29, 0.717) is 0 Å². The Morgan fingerprint density at radius 2 is 1.74 bits per heavy atom. The topological polar surface area (TPSA) is 98.3 Å². The van der Waals surface area contributed by atoms with Crippen LogP contribution in [0.5, 0.6) is 0 Å². The lowest BCUT2D eigenvalue weighted by Crippen LogP contribution is -2.07. The molecule has 0 aromatic heterocycles. The molecule has 8 heteroatoms. The number of hydrogen-bond donors (Lipinski definition) is 1. The molecule has 2 aromatic rings. The molecule has 0 saturated heterocycles. The highest BCUT2D eigenvalue weighted by Crippen LogP contribution is 2.44. The first-order valence-electron chi connectivity index (χ1n) is 6.90. The van der Waals surface area contributed by atoms with Crippen LogP contribution >= 0.6 is 0 Å². The predicted octanol–water partition coefficient (Wildman–Crippen LogP) is 3.61. The third-order valence-corrected chi connectivity index (χ3v) is 3.82. The van der Waals surface area contributed by atoms with Crippen LogP contribution in [0.4, 0.5) is 21.5 Å². The SMILES string of the molecule is O=[N+]([O-])c1ccc(N[C@@H]2C[C@H]2c2ccc(F)cc2)c([N+](=O)[O-])c1. The number of benzene rings is 2. The average molecular weight is 317 g/mol. The van der Waals surface area contributed by atoms with E-state index < -0.39 is 9.85 Å². The van der Waals surface area contributed by atoms with Crippen molar-refractivity contribution < 1.29 is 14.2 Å². The van der Waals surface area contributed by atoms with E-state index in [2.05, 4.69) is 5.32 Å². The summed E-state index contributed by atoms with van der Waals surface area (Å²) in [6, 6.07) is 9.62. The number of anilines is 1. The summed E-state index contributed by atoms with van der Waals surface area (Å²) in [5.74, 6) is -0.171. The summed E-state index contributed by atoms with van der Waals surface area (Å²) in [5, 5.41) is 24.8. The van der Waals surface area contributed by atoms with Crippen LogP contribution in [-0.4, -0.2) is 15.9 Å². The number of halogens is 1. The van der Waals surface area contributed by atoms with Crippen LogP contribution in [0.2, 0.25) is 0 Å². The van der Waals surface area contributed by atoms with Crippen LogP contribution in [0.25, 0.3) is 0 Å². The molecule has 2 atom stereocenters. The van der Waals surface area contributed by atoms with Crippen molar-refractivity contribution in [1.29, 1.82) is 0 Å². The molecule has 3 rings (SSSR count). The van der Waals surface area contributed by atoms with Gasteiger partial charge in [-0.15, -0.1) is 0 Å². The predicted molar refractivity (Wildman–Crippen MR) is 80.9 cm³/mol. The van der Waals surface area contributed by atoms with Crippen molar-refractivity contribution in [2.24, 2.45) is 0 Å². The summed E-state index contributed by atoms with van der Waals surface area (Å²) >= 11 is 0. The van der Waals surface area contributed by atoms with Crippen molar-refractivity contribution in [3.8, 4) is 0 Å². The summed E-state index contributed by atoms with van der Waals surface area (Å²) in [4.78, 5) is 20.5. The molecule has 0 unspecified atom stereocenters. The van der Waals surface area contributed by atoms with Gasteiger partial charge >= 0.3 is 0 Å². The summed E-state index contributed by atoms with van der Waals surface area (Å²) in [6.45, 7) is 0. The first-order chi connectivity index (χ1) is 11.0. The highest BCUT2D eigenvalue weighted by atomic mass is 19.1. The van der Waals surface area contributed by atoms with Gasteiger partial charge in [-0.25, -0.2) is 4.39 Å². The molecule has 1 aliphatic carbocycles. The third kappa shape index (κ3) is 3.10. The molecular formula is C15H12FN3O4. The maximum atomic E-state index is 12.9. The lowest BCUT2D eigenvalue weighted by Gasteiger charge is -2.07. The molecule has 2 aromatic carbocycles. The molecule has 0 radical (unpaired) electrons. The standard InChI is InChI=1S/C15H12FN3O4/c16-10-3-1-9(2-4-10)12-8-14(12)17-13-6-5-11(18(20)21)7-15(13)19(22)23/h1-7,12,14,17H,8H2/t12-,14+/m0/s1. The lowest BCUT2D eigenvalue weighted by molar-refractivity contribution is -0.393. The van der Waals surface area contributed by atoms with Gasteiger partial charge in [0.15, 0.2) is 0 Å². The van der Waals surface area contributed by atoms with Gasteiger partial charge in [0.1, 0.15) is 11.5 Å². The van der Waals surface area contributed by atoms with Crippen molar-refractivity contribution in [3.63, 3.8) is 0 Å². The Kier molecular flexibility index (Phi) is 3.65. The van der Waals surface area contributed by atoms with E-state index in [4.69, 9.17) is 0 Å². The van der Waals surface area contributed by atoms with E-state index in [1.165, 1.54) is 24.3 Å². The molecule has 1 N–H and O–H groups in total. The largest absolute Gasteiger partial charge is 0.376 e. The maximum absolute atomic E-state index is 12.9. The Morgan fingerprint density at radius 1 is 1.04 bits per heavy atom. The lowest BCUT2D eigenvalue weighted by atomic mass is 10.1. The molecule has 1 fully saturated rings. The van der Waals surface area contributed by atoms with E-state index in [1.807, 2.05) is 0 Å². The van der Waals surface area contributed by atoms with Crippen LogP contribution in [0.15, 0.2) is 42.5 Å². The second-order valence-electron chi connectivity index (χ2n) is 5.36. The molecule has 0 amide bonds. The Balaban J connectivity index is 1.77. The van der Waals surface area contributed by atoms with Gasteiger partial charge in [-0.2, -0.15) is 0 Å². The molecule has 1 aliphatic rings. The number of nitro groups is 2. The van der Waals surface area contributed by atoms with Crippen LogP contribution < -0.4 is 5.32 Å². The number of non-ortho nitro benzene ring substituents is 1. The fourth-order valence-electron chi connectivity index (χ4n) is 2.54. The number of nitrogens with one attached hydrogen (secondary N) is 1. The second-order valence-corrected chi connectivity index (χ2v) is 5.36. The maximum Gasteiger partial charge on any atom is 0.299 e. The highest BCUT2D eigenvalue weighted by Gasteiger charge is 2.39. The van der Waals surface area contributed by atoms with Gasteiger partial charge in [0, 0.05) is 18.0 Å². The summed E-state index contributed by atoms with van der Waals surface area (Å²) < 4.78 is 12.9. The molecule has 118 valence electrons. The minimum atomic E-state index is -0.671. The van der Waals surface area contributed by atoms with Gasteiger partial charge in [-0.3, -0.25) is 20.2 Å². The number of rotatable bonds is 5. The minimum Gasteiger partial charge on any atom is -0.376 e. The van der Waals surface area contributed by atoms with Gasteiger partial charge < -0.3 is 5.32 Å². The fraction of sp³-hybridized carbons (Fsp3) is 0.200. The smallest absolute Gasteiger partial charge is 0.299 e. The van der Waals surface area contributed by atoms with E-state index in [9.17, 15) is 24.6 Å². The van der Waals surface area contributed by atoms with Crippen molar-refractivity contribution >= 4 is 17.1 Å². The monoisotopic (exact) mass is 317 g/mol. The molecule has 0 aliphatic heterocycles. The number of nitrogens with zero attached hydrogens (tertiary/aromatic N) is 2. The minimum absolute atomic E-state index is 0.0133. The van der Waals surface area contributed by atoms with Crippen molar-refractivity contribution in [2.75, 3.05) is 5.32 Å².